The van der Waals surface area contributed by atoms with Crippen LogP contribution in [0.4, 0.5) is 16.2 Å². The van der Waals surface area contributed by atoms with Crippen LogP contribution < -0.4 is 25.4 Å². The van der Waals surface area contributed by atoms with Gasteiger partial charge in [-0.25, -0.2) is 9.78 Å². The molecule has 27 heavy (non-hydrogen) atoms. The molecule has 0 fully saturated rings. The lowest BCUT2D eigenvalue weighted by Crippen LogP contribution is -2.30. The number of para-hydroxylation sites is 1. The minimum Gasteiger partial charge on any atom is -0.479 e. The second kappa shape index (κ2) is 7.94. The molecule has 8 heteroatoms. The molecule has 1 aromatic carbocycles. The highest BCUT2D eigenvalue weighted by molar-refractivity contribution is 5.99. The second-order valence-corrected chi connectivity index (χ2v) is 6.41. The van der Waals surface area contributed by atoms with Crippen LogP contribution in [0.3, 0.4) is 0 Å². The Labute approximate surface area is 157 Å². The molecule has 8 nitrogen and oxygen atoms in total. The van der Waals surface area contributed by atoms with Gasteiger partial charge in [-0.2, -0.15) is 0 Å². The third kappa shape index (κ3) is 4.66. The number of nitrogens with one attached hydrogen (secondary N) is 3. The zero-order chi connectivity index (χ0) is 19.4. The Kier molecular flexibility index (Phi) is 5.44. The molecule has 0 saturated heterocycles. The lowest BCUT2D eigenvalue weighted by Gasteiger charge is -2.21. The number of fused-ring (bicyclic) bond motifs is 1. The average molecular weight is 370 g/mol. The molecule has 3 N–H and O–H groups in total. The van der Waals surface area contributed by atoms with Gasteiger partial charge in [-0.3, -0.25) is 4.79 Å². The Hall–Kier alpha value is -3.29. The fourth-order valence-electron chi connectivity index (χ4n) is 2.58. The van der Waals surface area contributed by atoms with Gasteiger partial charge in [0, 0.05) is 17.8 Å². The van der Waals surface area contributed by atoms with Gasteiger partial charge in [0.1, 0.15) is 0 Å². The number of carbonyl (C=O) groups excluding carboxylic acids is 2. The average Bonchev–Trinajstić information content (AvgIpc) is 2.60. The molecule has 2 aromatic rings. The maximum Gasteiger partial charge on any atom is 0.319 e. The highest BCUT2D eigenvalue weighted by Crippen LogP contribution is 2.35. The Morgan fingerprint density at radius 3 is 2.93 bits per heavy atom. The number of pyridine rings is 1. The molecule has 0 atom stereocenters. The van der Waals surface area contributed by atoms with Crippen LogP contribution >= 0.6 is 0 Å². The number of urea groups is 1. The van der Waals surface area contributed by atoms with E-state index in [1.807, 2.05) is 32.9 Å². The summed E-state index contributed by atoms with van der Waals surface area (Å²) >= 11 is 0. The van der Waals surface area contributed by atoms with Crippen LogP contribution in [0.5, 0.6) is 11.6 Å². The highest BCUT2D eigenvalue weighted by Gasteiger charge is 2.20. The van der Waals surface area contributed by atoms with E-state index in [9.17, 15) is 9.59 Å². The van der Waals surface area contributed by atoms with Crippen LogP contribution in [-0.4, -0.2) is 29.6 Å². The van der Waals surface area contributed by atoms with E-state index in [0.29, 0.717) is 23.0 Å². The number of ether oxygens (including phenoxy) is 2. The monoisotopic (exact) mass is 370 g/mol. The van der Waals surface area contributed by atoms with Crippen molar-refractivity contribution in [3.63, 3.8) is 0 Å². The van der Waals surface area contributed by atoms with E-state index in [1.54, 1.807) is 18.2 Å². The summed E-state index contributed by atoms with van der Waals surface area (Å²) in [7, 11) is 0. The number of nitrogens with zero attached hydrogens (tertiary/aromatic N) is 1. The molecule has 0 unspecified atom stereocenters. The molecule has 1 aromatic heterocycles. The van der Waals surface area contributed by atoms with Crippen molar-refractivity contribution in [2.45, 2.75) is 33.4 Å². The third-order valence-corrected chi connectivity index (χ3v) is 3.75. The predicted octanol–water partition coefficient (Wildman–Crippen LogP) is 2.83. The van der Waals surface area contributed by atoms with Gasteiger partial charge >= 0.3 is 6.03 Å². The van der Waals surface area contributed by atoms with Crippen LogP contribution in [0.15, 0.2) is 30.3 Å². The molecule has 3 amide bonds. The van der Waals surface area contributed by atoms with Crippen molar-refractivity contribution < 1.29 is 19.1 Å². The SMILES string of the molecule is Cc1ccc(CNC(=O)Nc2cccc3c2OCC(=O)N3)c(OC(C)C)n1. The van der Waals surface area contributed by atoms with Crippen molar-refractivity contribution in [1.82, 2.24) is 10.3 Å². The van der Waals surface area contributed by atoms with Gasteiger partial charge in [0.25, 0.3) is 5.91 Å². The molecule has 2 heterocycles. The van der Waals surface area contributed by atoms with Gasteiger partial charge in [-0.15, -0.1) is 0 Å². The number of amides is 3. The van der Waals surface area contributed by atoms with Gasteiger partial charge in [0.2, 0.25) is 5.88 Å². The van der Waals surface area contributed by atoms with Gasteiger partial charge in [0.15, 0.2) is 12.4 Å². The Morgan fingerprint density at radius 2 is 2.15 bits per heavy atom. The van der Waals surface area contributed by atoms with E-state index >= 15 is 0 Å². The van der Waals surface area contributed by atoms with E-state index in [0.717, 1.165) is 11.3 Å². The maximum atomic E-state index is 12.3. The topological polar surface area (TPSA) is 102 Å². The zero-order valence-electron chi connectivity index (χ0n) is 15.5. The molecule has 0 radical (unpaired) electrons. The number of hydrogen-bond donors (Lipinski definition) is 3. The van der Waals surface area contributed by atoms with Crippen molar-refractivity contribution in [2.24, 2.45) is 0 Å². The summed E-state index contributed by atoms with van der Waals surface area (Å²) in [5, 5.41) is 8.22. The fraction of sp³-hybridized carbons (Fsp3) is 0.316. The summed E-state index contributed by atoms with van der Waals surface area (Å²) in [5.74, 6) is 0.718. The summed E-state index contributed by atoms with van der Waals surface area (Å²) in [5.41, 5.74) is 2.63. The van der Waals surface area contributed by atoms with Gasteiger partial charge in [0.05, 0.1) is 17.5 Å². The van der Waals surface area contributed by atoms with Gasteiger partial charge < -0.3 is 25.4 Å². The lowest BCUT2D eigenvalue weighted by atomic mass is 10.2. The van der Waals surface area contributed by atoms with Crippen LogP contribution in [0.25, 0.3) is 0 Å². The number of anilines is 2. The molecule has 3 rings (SSSR count). The first-order valence-electron chi connectivity index (χ1n) is 8.66. The number of aryl methyl sites for hydroxylation is 1. The van der Waals surface area contributed by atoms with E-state index in [2.05, 4.69) is 20.9 Å². The van der Waals surface area contributed by atoms with Crippen molar-refractivity contribution in [1.29, 1.82) is 0 Å². The minimum absolute atomic E-state index is 0.0184. The fourth-order valence-corrected chi connectivity index (χ4v) is 2.58. The van der Waals surface area contributed by atoms with E-state index in [-0.39, 0.29) is 25.2 Å². The van der Waals surface area contributed by atoms with Crippen molar-refractivity contribution in [2.75, 3.05) is 17.2 Å². The standard InChI is InChI=1S/C19H22N4O4/c1-11(2)27-18-13(8-7-12(3)21-18)9-20-19(25)23-15-6-4-5-14-17(15)26-10-16(24)22-14/h4-8,11H,9-10H2,1-3H3,(H,22,24)(H2,20,23,25). The molecule has 0 saturated carbocycles. The van der Waals surface area contributed by atoms with Crippen LogP contribution in [0, 0.1) is 6.92 Å². The van der Waals surface area contributed by atoms with Crippen LogP contribution in [-0.2, 0) is 11.3 Å². The van der Waals surface area contributed by atoms with Crippen LogP contribution in [0.2, 0.25) is 0 Å². The van der Waals surface area contributed by atoms with Crippen molar-refractivity contribution in [3.8, 4) is 11.6 Å². The highest BCUT2D eigenvalue weighted by atomic mass is 16.5. The first kappa shape index (κ1) is 18.5. The van der Waals surface area contributed by atoms with Gasteiger partial charge in [-0.05, 0) is 39.0 Å². The number of rotatable bonds is 5. The van der Waals surface area contributed by atoms with Gasteiger partial charge in [-0.1, -0.05) is 12.1 Å². The van der Waals surface area contributed by atoms with Crippen molar-refractivity contribution >= 4 is 23.3 Å². The minimum atomic E-state index is -0.403. The van der Waals surface area contributed by atoms with E-state index in [1.165, 1.54) is 0 Å². The number of carbonyl (C=O) groups is 2. The Bertz CT molecular complexity index is 867. The number of aromatic nitrogens is 1. The molecule has 0 spiro atoms. The summed E-state index contributed by atoms with van der Waals surface area (Å²) in [6.45, 7) is 5.90. The van der Waals surface area contributed by atoms with E-state index in [4.69, 9.17) is 9.47 Å². The molecule has 1 aliphatic rings. The first-order chi connectivity index (χ1) is 12.9. The quantitative estimate of drug-likeness (QED) is 0.751. The lowest BCUT2D eigenvalue weighted by molar-refractivity contribution is -0.118. The number of benzene rings is 1. The molecule has 1 aliphatic heterocycles. The summed E-state index contributed by atoms with van der Waals surface area (Å²) < 4.78 is 11.1. The summed E-state index contributed by atoms with van der Waals surface area (Å²) in [6, 6.07) is 8.48. The number of hydrogen-bond acceptors (Lipinski definition) is 5. The second-order valence-electron chi connectivity index (χ2n) is 6.41. The normalized spacial score (nSPS) is 12.7. The zero-order valence-corrected chi connectivity index (χ0v) is 15.5. The largest absolute Gasteiger partial charge is 0.479 e. The Morgan fingerprint density at radius 1 is 1.33 bits per heavy atom. The van der Waals surface area contributed by atoms with Crippen LogP contribution in [0.1, 0.15) is 25.1 Å². The summed E-state index contributed by atoms with van der Waals surface area (Å²) in [4.78, 5) is 28.1. The molecule has 0 bridgehead atoms. The molecule has 142 valence electrons. The maximum absolute atomic E-state index is 12.3. The third-order valence-electron chi connectivity index (χ3n) is 3.75. The van der Waals surface area contributed by atoms with E-state index < -0.39 is 6.03 Å². The summed E-state index contributed by atoms with van der Waals surface area (Å²) in [6.07, 6.45) is -0.0184. The van der Waals surface area contributed by atoms with Crippen molar-refractivity contribution in [3.05, 3.63) is 41.6 Å². The predicted molar refractivity (Wildman–Crippen MR) is 101 cm³/mol. The first-order valence-corrected chi connectivity index (χ1v) is 8.66. The smallest absolute Gasteiger partial charge is 0.319 e. The molecule has 0 aliphatic carbocycles. The Balaban J connectivity index is 1.66. The molecular formula is C19H22N4O4. The molecular weight excluding hydrogens is 348 g/mol.